The van der Waals surface area contributed by atoms with E-state index in [0.717, 1.165) is 42.2 Å². The number of benzene rings is 2. The van der Waals surface area contributed by atoms with Gasteiger partial charge < -0.3 is 15.1 Å². The van der Waals surface area contributed by atoms with Crippen LogP contribution in [0.25, 0.3) is 0 Å². The number of hydrogen-bond donors (Lipinski definition) is 1. The van der Waals surface area contributed by atoms with Gasteiger partial charge in [0.2, 0.25) is 5.91 Å². The van der Waals surface area contributed by atoms with Gasteiger partial charge in [0.05, 0.1) is 0 Å². The highest BCUT2D eigenvalue weighted by atomic mass is 16.2. The van der Waals surface area contributed by atoms with Gasteiger partial charge in [-0.2, -0.15) is 0 Å². The summed E-state index contributed by atoms with van der Waals surface area (Å²) in [5.41, 5.74) is 4.89. The lowest BCUT2D eigenvalue weighted by Crippen LogP contribution is -2.32. The lowest BCUT2D eigenvalue weighted by molar-refractivity contribution is -0.118. The molecule has 0 atom stereocenters. The molecule has 0 radical (unpaired) electrons. The predicted octanol–water partition coefficient (Wildman–Crippen LogP) is 4.15. The van der Waals surface area contributed by atoms with E-state index in [1.165, 1.54) is 18.5 Å². The molecule has 2 aliphatic rings. The van der Waals surface area contributed by atoms with E-state index < -0.39 is 0 Å². The summed E-state index contributed by atoms with van der Waals surface area (Å²) >= 11 is 0. The van der Waals surface area contributed by atoms with E-state index in [9.17, 15) is 9.59 Å². The van der Waals surface area contributed by atoms with Crippen molar-refractivity contribution in [2.75, 3.05) is 29.4 Å². The maximum atomic E-state index is 12.8. The first-order chi connectivity index (χ1) is 14.6. The molecule has 5 heteroatoms. The lowest BCUT2D eigenvalue weighted by Gasteiger charge is -2.32. The Morgan fingerprint density at radius 3 is 2.47 bits per heavy atom. The molecule has 0 aliphatic carbocycles. The number of nitrogens with one attached hydrogen (secondary N) is 1. The Labute approximate surface area is 179 Å². The van der Waals surface area contributed by atoms with Gasteiger partial charge in [-0.3, -0.25) is 9.59 Å². The lowest BCUT2D eigenvalue weighted by atomic mass is 9.98. The zero-order chi connectivity index (χ0) is 21.1. The van der Waals surface area contributed by atoms with Crippen molar-refractivity contribution in [3.05, 3.63) is 59.2 Å². The van der Waals surface area contributed by atoms with Crippen molar-refractivity contribution in [1.82, 2.24) is 5.32 Å². The molecule has 0 unspecified atom stereocenters. The molecule has 0 spiro atoms. The van der Waals surface area contributed by atoms with E-state index >= 15 is 0 Å². The highest BCUT2D eigenvalue weighted by molar-refractivity contribution is 6.01. The van der Waals surface area contributed by atoms with Crippen molar-refractivity contribution in [2.45, 2.75) is 46.1 Å². The van der Waals surface area contributed by atoms with Gasteiger partial charge in [-0.25, -0.2) is 0 Å². The Morgan fingerprint density at radius 1 is 1.03 bits per heavy atom. The molecule has 1 N–H and O–H groups in total. The molecule has 158 valence electrons. The summed E-state index contributed by atoms with van der Waals surface area (Å²) in [5, 5.41) is 3.05. The van der Waals surface area contributed by atoms with Crippen LogP contribution in [0.3, 0.4) is 0 Å². The van der Waals surface area contributed by atoms with Crippen LogP contribution in [0.15, 0.2) is 42.5 Å². The van der Waals surface area contributed by atoms with Crippen LogP contribution in [0, 0.1) is 5.92 Å². The number of carbonyl (C=O) groups is 2. The molecule has 2 aliphatic heterocycles. The second-order valence-electron chi connectivity index (χ2n) is 8.47. The normalized spacial score (nSPS) is 16.5. The molecule has 5 nitrogen and oxygen atoms in total. The van der Waals surface area contributed by atoms with Crippen molar-refractivity contribution in [2.24, 2.45) is 5.92 Å². The van der Waals surface area contributed by atoms with Crippen molar-refractivity contribution < 1.29 is 9.59 Å². The molecular formula is C25H31N3O2. The van der Waals surface area contributed by atoms with Crippen molar-refractivity contribution in [1.29, 1.82) is 0 Å². The Bertz CT molecular complexity index is 914. The van der Waals surface area contributed by atoms with Crippen LogP contribution >= 0.6 is 0 Å². The summed E-state index contributed by atoms with van der Waals surface area (Å²) in [7, 11) is 0. The van der Waals surface area contributed by atoms with Crippen LogP contribution in [-0.2, 0) is 17.8 Å². The van der Waals surface area contributed by atoms with Gasteiger partial charge in [0.25, 0.3) is 5.91 Å². The van der Waals surface area contributed by atoms with E-state index in [1.807, 2.05) is 25.1 Å². The van der Waals surface area contributed by atoms with Crippen LogP contribution in [0.2, 0.25) is 0 Å². The maximum absolute atomic E-state index is 12.8. The number of nitrogens with zero attached hydrogens (tertiary/aromatic N) is 2. The number of carbonyl (C=O) groups excluding carboxylic acids is 2. The number of rotatable bonds is 5. The molecule has 0 bridgehead atoms. The summed E-state index contributed by atoms with van der Waals surface area (Å²) in [6, 6.07) is 14.2. The largest absolute Gasteiger partial charge is 0.372 e. The summed E-state index contributed by atoms with van der Waals surface area (Å²) < 4.78 is 0. The minimum Gasteiger partial charge on any atom is -0.372 e. The monoisotopic (exact) mass is 405 g/mol. The van der Waals surface area contributed by atoms with Gasteiger partial charge in [0.1, 0.15) is 0 Å². The second-order valence-corrected chi connectivity index (χ2v) is 8.47. The summed E-state index contributed by atoms with van der Waals surface area (Å²) in [6.45, 7) is 7.58. The topological polar surface area (TPSA) is 52.7 Å². The predicted molar refractivity (Wildman–Crippen MR) is 121 cm³/mol. The molecule has 2 aromatic rings. The van der Waals surface area contributed by atoms with Crippen LogP contribution in [-0.4, -0.2) is 31.4 Å². The molecule has 4 rings (SSSR count). The van der Waals surface area contributed by atoms with Gasteiger partial charge in [0.15, 0.2) is 0 Å². The van der Waals surface area contributed by atoms with Crippen LogP contribution in [0.5, 0.6) is 0 Å². The Morgan fingerprint density at radius 2 is 1.77 bits per heavy atom. The second kappa shape index (κ2) is 8.90. The molecule has 2 amide bonds. The van der Waals surface area contributed by atoms with E-state index in [0.29, 0.717) is 25.1 Å². The minimum atomic E-state index is -0.0771. The smallest absolute Gasteiger partial charge is 0.251 e. The first kappa shape index (κ1) is 20.5. The average molecular weight is 406 g/mol. The summed E-state index contributed by atoms with van der Waals surface area (Å²) in [6.07, 6.45) is 3.71. The van der Waals surface area contributed by atoms with Crippen molar-refractivity contribution in [3.8, 4) is 0 Å². The van der Waals surface area contributed by atoms with Gasteiger partial charge in [-0.15, -0.1) is 0 Å². The minimum absolute atomic E-state index is 0.0771. The van der Waals surface area contributed by atoms with Gasteiger partial charge in [0, 0.05) is 49.5 Å². The van der Waals surface area contributed by atoms with Crippen LogP contribution in [0.1, 0.15) is 54.6 Å². The van der Waals surface area contributed by atoms with Gasteiger partial charge in [-0.1, -0.05) is 32.0 Å². The molecule has 30 heavy (non-hydrogen) atoms. The fourth-order valence-corrected chi connectivity index (χ4v) is 4.47. The Balaban J connectivity index is 1.39. The fraction of sp³-hybridized carbons (Fsp3) is 0.440. The van der Waals surface area contributed by atoms with Gasteiger partial charge >= 0.3 is 0 Å². The first-order valence-corrected chi connectivity index (χ1v) is 11.1. The molecule has 0 saturated carbocycles. The molecule has 1 saturated heterocycles. The van der Waals surface area contributed by atoms with E-state index in [-0.39, 0.29) is 11.8 Å². The van der Waals surface area contributed by atoms with Gasteiger partial charge in [-0.05, 0) is 60.6 Å². The third-order valence-electron chi connectivity index (χ3n) is 6.41. The third kappa shape index (κ3) is 4.20. The SMILES string of the molecule is CCC(=O)N1CCc2c(C(=O)NCc3ccc(N4CCC(C)CC4)cc3)cccc21. The Hall–Kier alpha value is -2.82. The standard InChI is InChI=1S/C25H31N3O2/c1-3-24(29)28-16-13-21-22(5-4-6-23(21)28)25(30)26-17-19-7-9-20(10-8-19)27-14-11-18(2)12-15-27/h4-10,18H,3,11-17H2,1-2H3,(H,26,30). The summed E-state index contributed by atoms with van der Waals surface area (Å²) in [5.74, 6) is 0.851. The van der Waals surface area contributed by atoms with E-state index in [1.54, 1.807) is 4.90 Å². The molecule has 1 fully saturated rings. The number of anilines is 2. The Kier molecular flexibility index (Phi) is 6.07. The maximum Gasteiger partial charge on any atom is 0.251 e. The van der Waals surface area contributed by atoms with E-state index in [2.05, 4.69) is 41.4 Å². The zero-order valence-corrected chi connectivity index (χ0v) is 18.0. The highest BCUT2D eigenvalue weighted by Crippen LogP contribution is 2.31. The summed E-state index contributed by atoms with van der Waals surface area (Å²) in [4.78, 5) is 29.2. The quantitative estimate of drug-likeness (QED) is 0.813. The number of fused-ring (bicyclic) bond motifs is 1. The van der Waals surface area contributed by atoms with Crippen molar-refractivity contribution in [3.63, 3.8) is 0 Å². The zero-order valence-electron chi connectivity index (χ0n) is 18.0. The molecular weight excluding hydrogens is 374 g/mol. The van der Waals surface area contributed by atoms with E-state index in [4.69, 9.17) is 0 Å². The number of hydrogen-bond acceptors (Lipinski definition) is 3. The average Bonchev–Trinajstić information content (AvgIpc) is 3.22. The third-order valence-corrected chi connectivity index (χ3v) is 6.41. The fourth-order valence-electron chi connectivity index (χ4n) is 4.47. The van der Waals surface area contributed by atoms with Crippen molar-refractivity contribution >= 4 is 23.2 Å². The first-order valence-electron chi connectivity index (χ1n) is 11.1. The highest BCUT2D eigenvalue weighted by Gasteiger charge is 2.27. The molecule has 2 aromatic carbocycles. The number of amides is 2. The number of piperidine rings is 1. The van der Waals surface area contributed by atoms with Crippen LogP contribution < -0.4 is 15.1 Å². The molecule has 0 aromatic heterocycles. The van der Waals surface area contributed by atoms with Crippen LogP contribution in [0.4, 0.5) is 11.4 Å². The molecule has 2 heterocycles.